The zero-order valence-corrected chi connectivity index (χ0v) is 15.5. The summed E-state index contributed by atoms with van der Waals surface area (Å²) in [4.78, 5) is 14.8. The summed E-state index contributed by atoms with van der Waals surface area (Å²) in [6, 6.07) is 5.02. The van der Waals surface area contributed by atoms with Crippen molar-refractivity contribution >= 4 is 21.4 Å². The first kappa shape index (κ1) is 17.7. The van der Waals surface area contributed by atoms with Crippen LogP contribution in [0.4, 0.5) is 5.69 Å². The van der Waals surface area contributed by atoms with Gasteiger partial charge in [0.25, 0.3) is 0 Å². The molecule has 0 bridgehead atoms. The second kappa shape index (κ2) is 6.63. The Balaban J connectivity index is 1.79. The Hall–Kier alpha value is -2.15. The molecule has 1 amide bonds. The number of fused-ring (bicyclic) bond motifs is 1. The molecule has 0 unspecified atom stereocenters. The maximum atomic E-state index is 12.7. The van der Waals surface area contributed by atoms with Crippen LogP contribution in [0.15, 0.2) is 27.6 Å². The van der Waals surface area contributed by atoms with Gasteiger partial charge in [-0.05, 0) is 56.9 Å². The van der Waals surface area contributed by atoms with Crippen LogP contribution in [0.2, 0.25) is 0 Å². The summed E-state index contributed by atoms with van der Waals surface area (Å²) in [5.41, 5.74) is 3.54. The van der Waals surface area contributed by atoms with E-state index >= 15 is 0 Å². The topological polar surface area (TPSA) is 80.5 Å². The average Bonchev–Trinajstić information content (AvgIpc) is 2.89. The first-order valence-electron chi connectivity index (χ1n) is 8.32. The Labute approximate surface area is 147 Å². The molecule has 0 saturated heterocycles. The van der Waals surface area contributed by atoms with Gasteiger partial charge < -0.3 is 9.42 Å². The Morgan fingerprint density at radius 2 is 2.08 bits per heavy atom. The fourth-order valence-electron chi connectivity index (χ4n) is 3.29. The van der Waals surface area contributed by atoms with E-state index in [9.17, 15) is 13.2 Å². The molecule has 6 nitrogen and oxygen atoms in total. The summed E-state index contributed by atoms with van der Waals surface area (Å²) in [5, 5.41) is 3.92. The smallest absolute Gasteiger partial charge is 0.227 e. The van der Waals surface area contributed by atoms with Crippen molar-refractivity contribution in [3.8, 4) is 0 Å². The average molecular weight is 362 g/mol. The van der Waals surface area contributed by atoms with Gasteiger partial charge in [-0.3, -0.25) is 4.79 Å². The van der Waals surface area contributed by atoms with Crippen LogP contribution >= 0.6 is 0 Å². The zero-order chi connectivity index (χ0) is 18.2. The van der Waals surface area contributed by atoms with Gasteiger partial charge in [-0.15, -0.1) is 0 Å². The van der Waals surface area contributed by atoms with Gasteiger partial charge in [-0.25, -0.2) is 8.42 Å². The minimum atomic E-state index is -3.24. The minimum Gasteiger partial charge on any atom is -0.361 e. The van der Waals surface area contributed by atoms with E-state index in [0.29, 0.717) is 24.3 Å². The molecule has 1 aromatic heterocycles. The van der Waals surface area contributed by atoms with Crippen molar-refractivity contribution in [1.82, 2.24) is 5.16 Å². The Morgan fingerprint density at radius 3 is 2.72 bits per heavy atom. The van der Waals surface area contributed by atoms with Crippen molar-refractivity contribution in [2.45, 2.75) is 44.4 Å². The fourth-order valence-corrected chi connectivity index (χ4v) is 3.96. The summed E-state index contributed by atoms with van der Waals surface area (Å²) in [6.45, 7) is 4.38. The Kier molecular flexibility index (Phi) is 4.69. The van der Waals surface area contributed by atoms with Crippen molar-refractivity contribution in [3.05, 3.63) is 40.8 Å². The van der Waals surface area contributed by atoms with Gasteiger partial charge in [-0.1, -0.05) is 5.16 Å². The van der Waals surface area contributed by atoms with Crippen LogP contribution in [0.5, 0.6) is 0 Å². The predicted molar refractivity (Wildman–Crippen MR) is 94.5 cm³/mol. The second-order valence-electron chi connectivity index (χ2n) is 6.51. The molecule has 1 aliphatic heterocycles. The third kappa shape index (κ3) is 3.61. The first-order chi connectivity index (χ1) is 11.8. The third-order valence-electron chi connectivity index (χ3n) is 4.67. The number of nitrogens with zero attached hydrogens (tertiary/aromatic N) is 2. The summed E-state index contributed by atoms with van der Waals surface area (Å²) in [6.07, 6.45) is 3.77. The van der Waals surface area contributed by atoms with Gasteiger partial charge in [0.2, 0.25) is 5.91 Å². The lowest BCUT2D eigenvalue weighted by atomic mass is 10.0. The molecule has 1 aromatic carbocycles. The fraction of sp³-hybridized carbons (Fsp3) is 0.444. The van der Waals surface area contributed by atoms with Crippen LogP contribution < -0.4 is 4.90 Å². The number of hydrogen-bond donors (Lipinski definition) is 0. The van der Waals surface area contributed by atoms with E-state index in [-0.39, 0.29) is 5.91 Å². The molecule has 0 saturated carbocycles. The number of amides is 1. The highest BCUT2D eigenvalue weighted by Gasteiger charge is 2.24. The molecule has 0 fully saturated rings. The molecule has 0 radical (unpaired) electrons. The maximum absolute atomic E-state index is 12.7. The number of rotatable bonds is 4. The van der Waals surface area contributed by atoms with Crippen LogP contribution in [-0.4, -0.2) is 32.3 Å². The van der Waals surface area contributed by atoms with Crippen molar-refractivity contribution in [3.63, 3.8) is 0 Å². The van der Waals surface area contributed by atoms with Gasteiger partial charge in [0.1, 0.15) is 5.76 Å². The molecule has 25 heavy (non-hydrogen) atoms. The van der Waals surface area contributed by atoms with Gasteiger partial charge in [0.05, 0.1) is 10.6 Å². The quantitative estimate of drug-likeness (QED) is 0.835. The monoisotopic (exact) mass is 362 g/mol. The van der Waals surface area contributed by atoms with E-state index < -0.39 is 9.84 Å². The van der Waals surface area contributed by atoms with E-state index in [1.807, 2.05) is 13.8 Å². The lowest BCUT2D eigenvalue weighted by molar-refractivity contribution is -0.118. The standard InChI is InChI=1S/C18H22N2O4S/c1-12-16(13(2)24-19-12)7-9-18(21)20-10-4-5-14-11-15(25(3,22)23)6-8-17(14)20/h6,8,11H,4-5,7,9-10H2,1-3H3. The molecule has 7 heteroatoms. The van der Waals surface area contributed by atoms with E-state index in [1.165, 1.54) is 6.26 Å². The number of anilines is 1. The van der Waals surface area contributed by atoms with E-state index in [4.69, 9.17) is 4.52 Å². The van der Waals surface area contributed by atoms with Gasteiger partial charge in [-0.2, -0.15) is 0 Å². The lowest BCUT2D eigenvalue weighted by Crippen LogP contribution is -2.35. The highest BCUT2D eigenvalue weighted by atomic mass is 32.2. The zero-order valence-electron chi connectivity index (χ0n) is 14.7. The van der Waals surface area contributed by atoms with Crippen molar-refractivity contribution in [2.24, 2.45) is 0 Å². The third-order valence-corrected chi connectivity index (χ3v) is 5.78. The highest BCUT2D eigenvalue weighted by Crippen LogP contribution is 2.30. The Bertz CT molecular complexity index is 896. The minimum absolute atomic E-state index is 0.0352. The maximum Gasteiger partial charge on any atom is 0.227 e. The normalized spacial score (nSPS) is 14.4. The van der Waals surface area contributed by atoms with Crippen LogP contribution in [0, 0.1) is 13.8 Å². The molecule has 2 aromatic rings. The van der Waals surface area contributed by atoms with Crippen LogP contribution in [-0.2, 0) is 27.5 Å². The molecule has 0 atom stereocenters. The molecule has 3 rings (SSSR count). The van der Waals surface area contributed by atoms with Crippen molar-refractivity contribution in [2.75, 3.05) is 17.7 Å². The van der Waals surface area contributed by atoms with Gasteiger partial charge >= 0.3 is 0 Å². The number of benzene rings is 1. The molecular formula is C18H22N2O4S. The molecule has 0 spiro atoms. The van der Waals surface area contributed by atoms with Crippen molar-refractivity contribution in [1.29, 1.82) is 0 Å². The van der Waals surface area contributed by atoms with E-state index in [2.05, 4.69) is 5.16 Å². The van der Waals surface area contributed by atoms with Gasteiger partial charge in [0.15, 0.2) is 9.84 Å². The number of carbonyl (C=O) groups excluding carboxylic acids is 1. The summed E-state index contributed by atoms with van der Waals surface area (Å²) in [7, 11) is -3.24. The largest absolute Gasteiger partial charge is 0.361 e. The number of carbonyl (C=O) groups is 1. The molecular weight excluding hydrogens is 340 g/mol. The first-order valence-corrected chi connectivity index (χ1v) is 10.2. The molecule has 0 aliphatic carbocycles. The SMILES string of the molecule is Cc1noc(C)c1CCC(=O)N1CCCc2cc(S(C)(=O)=O)ccc21. The number of hydrogen-bond acceptors (Lipinski definition) is 5. The Morgan fingerprint density at radius 1 is 1.32 bits per heavy atom. The number of aromatic nitrogens is 1. The van der Waals surface area contributed by atoms with Crippen LogP contribution in [0.1, 0.15) is 35.4 Å². The highest BCUT2D eigenvalue weighted by molar-refractivity contribution is 7.90. The van der Waals surface area contributed by atoms with E-state index in [1.54, 1.807) is 23.1 Å². The van der Waals surface area contributed by atoms with Crippen LogP contribution in [0.3, 0.4) is 0 Å². The molecule has 134 valence electrons. The van der Waals surface area contributed by atoms with E-state index in [0.717, 1.165) is 41.1 Å². The second-order valence-corrected chi connectivity index (χ2v) is 8.53. The predicted octanol–water partition coefficient (Wildman–Crippen LogP) is 2.61. The van der Waals surface area contributed by atoms with Crippen molar-refractivity contribution < 1.29 is 17.7 Å². The molecule has 2 heterocycles. The van der Waals surface area contributed by atoms with Crippen LogP contribution in [0.25, 0.3) is 0 Å². The molecule has 0 N–H and O–H groups in total. The van der Waals surface area contributed by atoms with Gasteiger partial charge in [0, 0.05) is 30.5 Å². The lowest BCUT2D eigenvalue weighted by Gasteiger charge is -2.30. The molecule has 1 aliphatic rings. The summed E-state index contributed by atoms with van der Waals surface area (Å²) in [5.74, 6) is 0.787. The summed E-state index contributed by atoms with van der Waals surface area (Å²) < 4.78 is 28.6. The number of aryl methyl sites for hydroxylation is 3. The summed E-state index contributed by atoms with van der Waals surface area (Å²) >= 11 is 0. The number of sulfone groups is 1.